The van der Waals surface area contributed by atoms with Gasteiger partial charge in [-0.3, -0.25) is 4.79 Å². The maximum atomic E-state index is 12.0. The van der Waals surface area contributed by atoms with Gasteiger partial charge in [0.1, 0.15) is 5.69 Å². The van der Waals surface area contributed by atoms with Crippen molar-refractivity contribution in [1.82, 2.24) is 9.97 Å². The minimum absolute atomic E-state index is 0.0960. The highest BCUT2D eigenvalue weighted by atomic mass is 32.1. The highest BCUT2D eigenvalue weighted by molar-refractivity contribution is 7.71. The first-order valence-electron chi connectivity index (χ1n) is 5.53. The van der Waals surface area contributed by atoms with Crippen molar-refractivity contribution in [2.75, 3.05) is 0 Å². The Bertz CT molecular complexity index is 569. The Kier molecular flexibility index (Phi) is 3.54. The van der Waals surface area contributed by atoms with Crippen LogP contribution < -0.4 is 0 Å². The minimum Gasteiger partial charge on any atom is -0.334 e. The molecule has 1 aromatic heterocycles. The Morgan fingerprint density at radius 2 is 1.94 bits per heavy atom. The maximum absolute atomic E-state index is 12.0. The van der Waals surface area contributed by atoms with Crippen molar-refractivity contribution >= 4 is 18.0 Å². The van der Waals surface area contributed by atoms with Gasteiger partial charge in [-0.2, -0.15) is 0 Å². The number of aryl methyl sites for hydroxylation is 2. The van der Waals surface area contributed by atoms with E-state index >= 15 is 0 Å². The van der Waals surface area contributed by atoms with E-state index in [2.05, 4.69) is 9.97 Å². The van der Waals surface area contributed by atoms with Gasteiger partial charge in [0.05, 0.1) is 0 Å². The Hall–Kier alpha value is -1.68. The van der Waals surface area contributed by atoms with Gasteiger partial charge in [0.2, 0.25) is 0 Å². The van der Waals surface area contributed by atoms with E-state index < -0.39 is 0 Å². The molecule has 88 valence electrons. The van der Waals surface area contributed by atoms with E-state index in [1.165, 1.54) is 5.56 Å². The number of aromatic amines is 2. The van der Waals surface area contributed by atoms with Crippen LogP contribution in [0.3, 0.4) is 0 Å². The number of hydrogen-bond acceptors (Lipinski definition) is 2. The van der Waals surface area contributed by atoms with E-state index in [1.54, 1.807) is 0 Å². The molecule has 0 fully saturated rings. The lowest BCUT2D eigenvalue weighted by Crippen LogP contribution is -2.03. The molecule has 17 heavy (non-hydrogen) atoms. The van der Waals surface area contributed by atoms with Gasteiger partial charge in [0.15, 0.2) is 10.6 Å². The molecule has 0 bridgehead atoms. The standard InChI is InChI=1S/C13H14N2OS/c1-9-12(15-13(17)14-9)11(16)8-7-10-5-3-2-4-6-10/h2-6H,7-8H2,1H3,(H2,14,15,17). The maximum Gasteiger partial charge on any atom is 0.181 e. The fraction of sp³-hybridized carbons (Fsp3) is 0.231. The Morgan fingerprint density at radius 1 is 1.24 bits per heavy atom. The zero-order valence-electron chi connectivity index (χ0n) is 9.62. The molecule has 0 atom stereocenters. The van der Waals surface area contributed by atoms with E-state index in [1.807, 2.05) is 37.3 Å². The number of carbonyl (C=O) groups is 1. The molecule has 0 aliphatic heterocycles. The summed E-state index contributed by atoms with van der Waals surface area (Å²) in [6.07, 6.45) is 1.25. The van der Waals surface area contributed by atoms with Gasteiger partial charge in [-0.25, -0.2) is 0 Å². The zero-order valence-corrected chi connectivity index (χ0v) is 10.4. The molecule has 0 saturated heterocycles. The average molecular weight is 246 g/mol. The number of nitrogens with one attached hydrogen (secondary N) is 2. The van der Waals surface area contributed by atoms with Crippen molar-refractivity contribution in [2.24, 2.45) is 0 Å². The number of rotatable bonds is 4. The highest BCUT2D eigenvalue weighted by Gasteiger charge is 2.11. The summed E-state index contributed by atoms with van der Waals surface area (Å²) < 4.78 is 0.505. The highest BCUT2D eigenvalue weighted by Crippen LogP contribution is 2.09. The second-order valence-corrected chi connectivity index (χ2v) is 4.40. The van der Waals surface area contributed by atoms with Crippen molar-refractivity contribution in [1.29, 1.82) is 0 Å². The largest absolute Gasteiger partial charge is 0.334 e. The number of carbonyl (C=O) groups excluding carboxylic acids is 1. The number of Topliss-reactive ketones (excluding diaryl/α,β-unsaturated/α-hetero) is 1. The van der Waals surface area contributed by atoms with Crippen molar-refractivity contribution in [3.8, 4) is 0 Å². The van der Waals surface area contributed by atoms with E-state index in [0.29, 0.717) is 16.9 Å². The second kappa shape index (κ2) is 5.10. The predicted molar refractivity (Wildman–Crippen MR) is 69.8 cm³/mol. The zero-order chi connectivity index (χ0) is 12.3. The lowest BCUT2D eigenvalue weighted by Gasteiger charge is -2.00. The molecule has 2 rings (SSSR count). The van der Waals surface area contributed by atoms with Gasteiger partial charge < -0.3 is 9.97 Å². The number of ketones is 1. The minimum atomic E-state index is 0.0960. The normalized spacial score (nSPS) is 10.4. The van der Waals surface area contributed by atoms with Crippen LogP contribution in [0.25, 0.3) is 0 Å². The molecule has 0 amide bonds. The van der Waals surface area contributed by atoms with E-state index in [-0.39, 0.29) is 5.78 Å². The fourth-order valence-corrected chi connectivity index (χ4v) is 2.03. The summed E-state index contributed by atoms with van der Waals surface area (Å²) >= 11 is 4.95. The van der Waals surface area contributed by atoms with Gasteiger partial charge in [0, 0.05) is 12.1 Å². The molecule has 1 aromatic carbocycles. The monoisotopic (exact) mass is 246 g/mol. The number of hydrogen-bond donors (Lipinski definition) is 2. The lowest BCUT2D eigenvalue weighted by molar-refractivity contribution is 0.0978. The molecule has 0 saturated carbocycles. The van der Waals surface area contributed by atoms with Crippen molar-refractivity contribution in [2.45, 2.75) is 19.8 Å². The first kappa shape index (κ1) is 11.8. The third-order valence-corrected chi connectivity index (χ3v) is 2.88. The van der Waals surface area contributed by atoms with Gasteiger partial charge >= 0.3 is 0 Å². The van der Waals surface area contributed by atoms with Gasteiger partial charge in [-0.1, -0.05) is 30.3 Å². The molecular weight excluding hydrogens is 232 g/mol. The summed E-state index contributed by atoms with van der Waals surface area (Å²) in [5.41, 5.74) is 2.59. The van der Waals surface area contributed by atoms with Crippen LogP contribution in [0.2, 0.25) is 0 Å². The Morgan fingerprint density at radius 3 is 2.53 bits per heavy atom. The summed E-state index contributed by atoms with van der Waals surface area (Å²) in [6.45, 7) is 1.85. The third-order valence-electron chi connectivity index (χ3n) is 2.68. The van der Waals surface area contributed by atoms with Gasteiger partial charge in [0.25, 0.3) is 0 Å². The summed E-state index contributed by atoms with van der Waals surface area (Å²) in [6, 6.07) is 9.99. The smallest absolute Gasteiger partial charge is 0.181 e. The van der Waals surface area contributed by atoms with E-state index in [9.17, 15) is 4.79 Å². The van der Waals surface area contributed by atoms with Gasteiger partial charge in [-0.15, -0.1) is 0 Å². The van der Waals surface area contributed by atoms with Crippen LogP contribution in [0.5, 0.6) is 0 Å². The van der Waals surface area contributed by atoms with Crippen molar-refractivity contribution in [3.05, 3.63) is 52.1 Å². The summed E-state index contributed by atoms with van der Waals surface area (Å²) in [5.74, 6) is 0.0960. The molecule has 4 heteroatoms. The van der Waals surface area contributed by atoms with Crippen LogP contribution in [-0.2, 0) is 6.42 Å². The molecule has 0 radical (unpaired) electrons. The SMILES string of the molecule is Cc1[nH]c(=S)[nH]c1C(=O)CCc1ccccc1. The van der Waals surface area contributed by atoms with Crippen molar-refractivity contribution < 1.29 is 4.79 Å². The van der Waals surface area contributed by atoms with Crippen LogP contribution in [0.4, 0.5) is 0 Å². The number of imidazole rings is 1. The average Bonchev–Trinajstić information content (AvgIpc) is 2.67. The quantitative estimate of drug-likeness (QED) is 0.643. The number of H-pyrrole nitrogens is 2. The van der Waals surface area contributed by atoms with Crippen LogP contribution in [-0.4, -0.2) is 15.8 Å². The van der Waals surface area contributed by atoms with Crippen LogP contribution in [0, 0.1) is 11.7 Å². The molecule has 0 unspecified atom stereocenters. The number of aromatic nitrogens is 2. The predicted octanol–water partition coefficient (Wildman–Crippen LogP) is 3.20. The summed E-state index contributed by atoms with van der Waals surface area (Å²) in [5, 5.41) is 0. The second-order valence-electron chi connectivity index (χ2n) is 3.99. The van der Waals surface area contributed by atoms with Gasteiger partial charge in [-0.05, 0) is 31.1 Å². The molecule has 2 aromatic rings. The topological polar surface area (TPSA) is 48.6 Å². The first-order valence-corrected chi connectivity index (χ1v) is 5.93. The van der Waals surface area contributed by atoms with Crippen molar-refractivity contribution in [3.63, 3.8) is 0 Å². The Balaban J connectivity index is 2.03. The lowest BCUT2D eigenvalue weighted by atomic mass is 10.1. The number of benzene rings is 1. The first-order chi connectivity index (χ1) is 8.16. The summed E-state index contributed by atoms with van der Waals surface area (Å²) in [4.78, 5) is 17.8. The molecule has 0 aliphatic rings. The van der Waals surface area contributed by atoms with Crippen LogP contribution in [0.15, 0.2) is 30.3 Å². The third kappa shape index (κ3) is 2.91. The fourth-order valence-electron chi connectivity index (χ4n) is 1.78. The van der Waals surface area contributed by atoms with E-state index in [0.717, 1.165) is 12.1 Å². The molecular formula is C13H14N2OS. The molecule has 0 spiro atoms. The molecule has 3 nitrogen and oxygen atoms in total. The molecule has 0 aliphatic carbocycles. The molecule has 1 heterocycles. The van der Waals surface area contributed by atoms with Crippen LogP contribution in [0.1, 0.15) is 28.2 Å². The van der Waals surface area contributed by atoms with E-state index in [4.69, 9.17) is 12.2 Å². The Labute approximate surface area is 105 Å². The summed E-state index contributed by atoms with van der Waals surface area (Å²) in [7, 11) is 0. The molecule has 2 N–H and O–H groups in total. The van der Waals surface area contributed by atoms with Crippen LogP contribution >= 0.6 is 12.2 Å².